The third-order valence-corrected chi connectivity index (χ3v) is 4.26. The summed E-state index contributed by atoms with van der Waals surface area (Å²) in [5.74, 6) is -0.802. The smallest absolute Gasteiger partial charge is 0.320 e. The van der Waals surface area contributed by atoms with Crippen molar-refractivity contribution >= 4 is 12.0 Å². The molecule has 1 atom stereocenters. The van der Waals surface area contributed by atoms with E-state index in [1.807, 2.05) is 14.7 Å². The summed E-state index contributed by atoms with van der Waals surface area (Å²) in [7, 11) is 2.06. The summed E-state index contributed by atoms with van der Waals surface area (Å²) in [5, 5.41) is 9.00. The van der Waals surface area contributed by atoms with Crippen LogP contribution in [0.2, 0.25) is 0 Å². The Morgan fingerprint density at radius 2 is 1.35 bits per heavy atom. The average Bonchev–Trinajstić information content (AvgIpc) is 2.46. The first-order valence-corrected chi connectivity index (χ1v) is 7.18. The number of carbonyl (C=O) groups excluding carboxylic acids is 1. The largest absolute Gasteiger partial charge is 0.480 e. The van der Waals surface area contributed by atoms with Crippen molar-refractivity contribution in [1.29, 1.82) is 0 Å². The van der Waals surface area contributed by atoms with Gasteiger partial charge in [0.15, 0.2) is 0 Å². The molecular weight excluding hydrogens is 260 g/mol. The van der Waals surface area contributed by atoms with Crippen LogP contribution in [0.15, 0.2) is 0 Å². The number of piperazine rings is 2. The maximum atomic E-state index is 12.4. The molecule has 0 spiro atoms. The number of urea groups is 1. The Morgan fingerprint density at radius 3 is 1.80 bits per heavy atom. The number of rotatable bonds is 2. The van der Waals surface area contributed by atoms with Gasteiger partial charge in [-0.2, -0.15) is 0 Å². The number of carboxylic acid groups (broad SMARTS) is 1. The first-order chi connectivity index (χ1) is 9.49. The van der Waals surface area contributed by atoms with Crippen LogP contribution < -0.4 is 0 Å². The Labute approximate surface area is 119 Å². The zero-order valence-electron chi connectivity index (χ0n) is 12.3. The molecule has 2 heterocycles. The van der Waals surface area contributed by atoms with Gasteiger partial charge in [-0.05, 0) is 14.0 Å². The second-order valence-corrected chi connectivity index (χ2v) is 5.61. The van der Waals surface area contributed by atoms with Crippen molar-refractivity contribution in [2.45, 2.75) is 13.0 Å². The number of hydrogen-bond donors (Lipinski definition) is 1. The minimum Gasteiger partial charge on any atom is -0.480 e. The lowest BCUT2D eigenvalue weighted by Gasteiger charge is -2.40. The summed E-state index contributed by atoms with van der Waals surface area (Å²) in [5.41, 5.74) is 0. The van der Waals surface area contributed by atoms with E-state index in [4.69, 9.17) is 5.11 Å². The van der Waals surface area contributed by atoms with Gasteiger partial charge in [-0.3, -0.25) is 9.69 Å². The average molecular weight is 284 g/mol. The Hall–Kier alpha value is -1.34. The van der Waals surface area contributed by atoms with Crippen LogP contribution in [0.4, 0.5) is 4.79 Å². The molecule has 1 unspecified atom stereocenters. The van der Waals surface area contributed by atoms with E-state index >= 15 is 0 Å². The first-order valence-electron chi connectivity index (χ1n) is 7.18. The van der Waals surface area contributed by atoms with Gasteiger partial charge in [-0.25, -0.2) is 4.79 Å². The molecule has 0 bridgehead atoms. The number of carboxylic acids is 1. The van der Waals surface area contributed by atoms with Gasteiger partial charge in [0.1, 0.15) is 6.04 Å². The highest BCUT2D eigenvalue weighted by Crippen LogP contribution is 2.10. The number of amides is 2. The van der Waals surface area contributed by atoms with E-state index in [2.05, 4.69) is 11.9 Å². The Bertz CT molecular complexity index is 361. The summed E-state index contributed by atoms with van der Waals surface area (Å²) in [6, 6.07) is -0.378. The van der Waals surface area contributed by atoms with E-state index in [9.17, 15) is 9.59 Å². The minimum atomic E-state index is -0.802. The van der Waals surface area contributed by atoms with Gasteiger partial charge in [-0.1, -0.05) is 0 Å². The summed E-state index contributed by atoms with van der Waals surface area (Å²) in [6.45, 7) is 7.58. The predicted octanol–water partition coefficient (Wildman–Crippen LogP) is -0.555. The molecule has 0 radical (unpaired) electrons. The maximum Gasteiger partial charge on any atom is 0.320 e. The van der Waals surface area contributed by atoms with Crippen molar-refractivity contribution in [3.63, 3.8) is 0 Å². The van der Waals surface area contributed by atoms with E-state index in [0.29, 0.717) is 26.2 Å². The summed E-state index contributed by atoms with van der Waals surface area (Å²) < 4.78 is 0. The number of likely N-dealkylation sites (N-methyl/N-ethyl adjacent to an activating group) is 1. The molecule has 1 N–H and O–H groups in total. The van der Waals surface area contributed by atoms with Crippen molar-refractivity contribution in [2.75, 3.05) is 59.4 Å². The topological polar surface area (TPSA) is 67.3 Å². The van der Waals surface area contributed by atoms with E-state index in [0.717, 1.165) is 26.2 Å². The van der Waals surface area contributed by atoms with Crippen LogP contribution in [0.3, 0.4) is 0 Å². The van der Waals surface area contributed by atoms with Gasteiger partial charge in [0.25, 0.3) is 0 Å². The van der Waals surface area contributed by atoms with Crippen molar-refractivity contribution in [1.82, 2.24) is 19.6 Å². The number of carbonyl (C=O) groups is 2. The van der Waals surface area contributed by atoms with Crippen LogP contribution >= 0.6 is 0 Å². The molecule has 7 heteroatoms. The van der Waals surface area contributed by atoms with Crippen LogP contribution in [0.1, 0.15) is 6.92 Å². The number of nitrogens with zero attached hydrogens (tertiary/aromatic N) is 4. The third kappa shape index (κ3) is 3.40. The number of aliphatic carboxylic acids is 1. The molecular formula is C13H24N4O3. The van der Waals surface area contributed by atoms with Gasteiger partial charge in [0, 0.05) is 52.4 Å². The highest BCUT2D eigenvalue weighted by atomic mass is 16.4. The fourth-order valence-electron chi connectivity index (χ4n) is 2.65. The Morgan fingerprint density at radius 1 is 0.900 bits per heavy atom. The molecule has 114 valence electrons. The molecule has 2 rings (SSSR count). The molecule has 0 aromatic rings. The van der Waals surface area contributed by atoms with Gasteiger partial charge in [-0.15, -0.1) is 0 Å². The van der Waals surface area contributed by atoms with Crippen LogP contribution in [0, 0.1) is 0 Å². The first kappa shape index (κ1) is 15.1. The normalized spacial score (nSPS) is 23.7. The molecule has 2 fully saturated rings. The summed E-state index contributed by atoms with van der Waals surface area (Å²) >= 11 is 0. The molecule has 7 nitrogen and oxygen atoms in total. The molecule has 2 aliphatic rings. The lowest BCUT2D eigenvalue weighted by molar-refractivity contribution is -0.143. The quantitative estimate of drug-likeness (QED) is 0.736. The zero-order valence-corrected chi connectivity index (χ0v) is 12.3. The molecule has 2 saturated heterocycles. The minimum absolute atomic E-state index is 0.0979. The predicted molar refractivity (Wildman–Crippen MR) is 74.7 cm³/mol. The lowest BCUT2D eigenvalue weighted by atomic mass is 10.2. The molecule has 2 aliphatic heterocycles. The van der Waals surface area contributed by atoms with Crippen molar-refractivity contribution < 1.29 is 14.7 Å². The molecule has 0 aromatic carbocycles. The Balaban J connectivity index is 1.81. The fraction of sp³-hybridized carbons (Fsp3) is 0.846. The fourth-order valence-corrected chi connectivity index (χ4v) is 2.65. The van der Waals surface area contributed by atoms with Crippen LogP contribution in [-0.4, -0.2) is 102 Å². The summed E-state index contributed by atoms with van der Waals surface area (Å²) in [6.07, 6.45) is 0. The van der Waals surface area contributed by atoms with Crippen LogP contribution in [0.25, 0.3) is 0 Å². The molecule has 0 saturated carbocycles. The highest BCUT2D eigenvalue weighted by molar-refractivity contribution is 5.75. The monoisotopic (exact) mass is 284 g/mol. The number of hydrogen-bond acceptors (Lipinski definition) is 4. The van der Waals surface area contributed by atoms with Crippen molar-refractivity contribution in [3.8, 4) is 0 Å². The highest BCUT2D eigenvalue weighted by Gasteiger charge is 2.30. The van der Waals surface area contributed by atoms with Crippen LogP contribution in [-0.2, 0) is 4.79 Å². The second-order valence-electron chi connectivity index (χ2n) is 5.61. The van der Waals surface area contributed by atoms with Gasteiger partial charge in [0.05, 0.1) is 0 Å². The van der Waals surface area contributed by atoms with Crippen LogP contribution in [0.5, 0.6) is 0 Å². The van der Waals surface area contributed by atoms with E-state index in [-0.39, 0.29) is 6.03 Å². The summed E-state index contributed by atoms with van der Waals surface area (Å²) in [4.78, 5) is 31.2. The van der Waals surface area contributed by atoms with E-state index < -0.39 is 12.0 Å². The van der Waals surface area contributed by atoms with Crippen molar-refractivity contribution in [2.24, 2.45) is 0 Å². The second kappa shape index (κ2) is 6.41. The maximum absolute atomic E-state index is 12.4. The standard InChI is InChI=1S/C13H24N4O3/c1-11(12(18)19)15-7-9-17(10-8-15)13(20)16-5-3-14(2)4-6-16/h11H,3-10H2,1-2H3,(H,18,19). The molecule has 0 aromatic heterocycles. The zero-order chi connectivity index (χ0) is 14.7. The third-order valence-electron chi connectivity index (χ3n) is 4.26. The van der Waals surface area contributed by atoms with Crippen molar-refractivity contribution in [3.05, 3.63) is 0 Å². The van der Waals surface area contributed by atoms with Gasteiger partial charge < -0.3 is 19.8 Å². The molecule has 20 heavy (non-hydrogen) atoms. The van der Waals surface area contributed by atoms with E-state index in [1.54, 1.807) is 6.92 Å². The van der Waals surface area contributed by atoms with Gasteiger partial charge >= 0.3 is 12.0 Å². The SMILES string of the molecule is CC(C(=O)O)N1CCN(C(=O)N2CCN(C)CC2)CC1. The van der Waals surface area contributed by atoms with Gasteiger partial charge in [0.2, 0.25) is 0 Å². The Kier molecular flexibility index (Phi) is 4.82. The van der Waals surface area contributed by atoms with E-state index in [1.165, 1.54) is 0 Å². The molecule has 2 amide bonds. The lowest BCUT2D eigenvalue weighted by Crippen LogP contribution is -2.58. The molecule has 0 aliphatic carbocycles.